The van der Waals surface area contributed by atoms with Gasteiger partial charge in [-0.15, -0.1) is 0 Å². The molecule has 0 radical (unpaired) electrons. The second-order valence-electron chi connectivity index (χ2n) is 3.23. The average Bonchev–Trinajstić information content (AvgIpc) is 2.28. The molecule has 0 aliphatic rings. The minimum Gasteiger partial charge on any atom is -0.411 e. The van der Waals surface area contributed by atoms with Crippen LogP contribution in [0.5, 0.6) is 0 Å². The molecule has 1 aromatic rings. The Morgan fingerprint density at radius 1 is 1.56 bits per heavy atom. The second-order valence-corrected chi connectivity index (χ2v) is 3.23. The van der Waals surface area contributed by atoms with Gasteiger partial charge in [-0.2, -0.15) is 0 Å². The first kappa shape index (κ1) is 12.6. The van der Waals surface area contributed by atoms with Crippen LogP contribution in [0.15, 0.2) is 23.4 Å². The minimum absolute atomic E-state index is 0.176. The zero-order chi connectivity index (χ0) is 12.1. The lowest BCUT2D eigenvalue weighted by Gasteiger charge is -2.11. The molecule has 0 saturated carbocycles. The van der Waals surface area contributed by atoms with Crippen molar-refractivity contribution in [1.29, 1.82) is 0 Å². The molecular formula is C11H14FNO3. The van der Waals surface area contributed by atoms with Gasteiger partial charge in [-0.25, -0.2) is 4.39 Å². The number of aliphatic hydroxyl groups is 1. The SMILES string of the molecule is CCOC(O)c1ccc(/C(C)=N\O)c(F)c1. The Labute approximate surface area is 93.0 Å². The van der Waals surface area contributed by atoms with Gasteiger partial charge in [0.1, 0.15) is 5.82 Å². The van der Waals surface area contributed by atoms with Crippen molar-refractivity contribution in [2.75, 3.05) is 6.61 Å². The van der Waals surface area contributed by atoms with E-state index in [1.165, 1.54) is 19.1 Å². The van der Waals surface area contributed by atoms with E-state index in [1.807, 2.05) is 0 Å². The van der Waals surface area contributed by atoms with E-state index in [1.54, 1.807) is 6.92 Å². The van der Waals surface area contributed by atoms with Crippen LogP contribution in [0.3, 0.4) is 0 Å². The molecule has 0 saturated heterocycles. The van der Waals surface area contributed by atoms with Gasteiger partial charge >= 0.3 is 0 Å². The number of ether oxygens (including phenoxy) is 1. The van der Waals surface area contributed by atoms with E-state index >= 15 is 0 Å². The maximum absolute atomic E-state index is 13.5. The Morgan fingerprint density at radius 2 is 2.25 bits per heavy atom. The van der Waals surface area contributed by atoms with Crippen LogP contribution >= 0.6 is 0 Å². The van der Waals surface area contributed by atoms with Crippen molar-refractivity contribution < 1.29 is 19.4 Å². The van der Waals surface area contributed by atoms with Crippen LogP contribution in [0.2, 0.25) is 0 Å². The van der Waals surface area contributed by atoms with Gasteiger partial charge in [0, 0.05) is 17.7 Å². The van der Waals surface area contributed by atoms with E-state index in [0.29, 0.717) is 12.2 Å². The van der Waals surface area contributed by atoms with Crippen molar-refractivity contribution >= 4 is 5.71 Å². The molecule has 0 spiro atoms. The molecule has 0 aliphatic heterocycles. The quantitative estimate of drug-likeness (QED) is 0.358. The molecule has 0 bridgehead atoms. The molecule has 2 N–H and O–H groups in total. The Balaban J connectivity index is 2.99. The molecule has 4 nitrogen and oxygen atoms in total. The van der Waals surface area contributed by atoms with E-state index in [4.69, 9.17) is 9.94 Å². The van der Waals surface area contributed by atoms with Crippen molar-refractivity contribution in [1.82, 2.24) is 0 Å². The van der Waals surface area contributed by atoms with E-state index in [9.17, 15) is 9.50 Å². The number of benzene rings is 1. The number of nitrogens with zero attached hydrogens (tertiary/aromatic N) is 1. The van der Waals surface area contributed by atoms with Crippen LogP contribution < -0.4 is 0 Å². The van der Waals surface area contributed by atoms with Crippen molar-refractivity contribution in [2.45, 2.75) is 20.1 Å². The van der Waals surface area contributed by atoms with Crippen molar-refractivity contribution in [3.63, 3.8) is 0 Å². The zero-order valence-corrected chi connectivity index (χ0v) is 9.14. The number of halogens is 1. The number of hydrogen-bond acceptors (Lipinski definition) is 4. The summed E-state index contributed by atoms with van der Waals surface area (Å²) >= 11 is 0. The third kappa shape index (κ3) is 2.77. The molecule has 0 amide bonds. The highest BCUT2D eigenvalue weighted by molar-refractivity contribution is 5.98. The fourth-order valence-electron chi connectivity index (χ4n) is 1.29. The standard InChI is InChI=1S/C11H14FNO3/c1-3-16-11(14)8-4-5-9(7(2)13-15)10(12)6-8/h4-6,11,14-15H,3H2,1-2H3/b13-7-. The van der Waals surface area contributed by atoms with Crippen molar-refractivity contribution in [3.8, 4) is 0 Å². The molecule has 1 atom stereocenters. The van der Waals surface area contributed by atoms with Gasteiger partial charge < -0.3 is 15.1 Å². The first-order chi connectivity index (χ1) is 7.60. The van der Waals surface area contributed by atoms with E-state index in [0.717, 1.165) is 6.07 Å². The van der Waals surface area contributed by atoms with Crippen molar-refractivity contribution in [2.24, 2.45) is 5.16 Å². The second kappa shape index (κ2) is 5.58. The predicted octanol–water partition coefficient (Wildman–Crippen LogP) is 2.05. The van der Waals surface area contributed by atoms with Gasteiger partial charge in [-0.3, -0.25) is 0 Å². The summed E-state index contributed by atoms with van der Waals surface area (Å²) in [6.07, 6.45) is -1.14. The summed E-state index contributed by atoms with van der Waals surface area (Å²) < 4.78 is 18.4. The number of hydrogen-bond donors (Lipinski definition) is 2. The fourth-order valence-corrected chi connectivity index (χ4v) is 1.29. The van der Waals surface area contributed by atoms with E-state index in [-0.39, 0.29) is 11.3 Å². The zero-order valence-electron chi connectivity index (χ0n) is 9.14. The van der Waals surface area contributed by atoms with Crippen LogP contribution in [0.1, 0.15) is 31.3 Å². The van der Waals surface area contributed by atoms with E-state index in [2.05, 4.69) is 5.16 Å². The molecule has 0 fully saturated rings. The lowest BCUT2D eigenvalue weighted by atomic mass is 10.1. The molecule has 1 aromatic carbocycles. The summed E-state index contributed by atoms with van der Waals surface area (Å²) in [5, 5.41) is 20.9. The summed E-state index contributed by atoms with van der Waals surface area (Å²) in [7, 11) is 0. The van der Waals surface area contributed by atoms with Crippen LogP contribution in [0.4, 0.5) is 4.39 Å². The smallest absolute Gasteiger partial charge is 0.181 e. The lowest BCUT2D eigenvalue weighted by molar-refractivity contribution is -0.0981. The van der Waals surface area contributed by atoms with Gasteiger partial charge in [0.25, 0.3) is 0 Å². The van der Waals surface area contributed by atoms with Crippen molar-refractivity contribution in [3.05, 3.63) is 35.1 Å². The molecule has 5 heteroatoms. The maximum atomic E-state index is 13.5. The normalized spacial score (nSPS) is 13.9. The molecule has 0 aliphatic carbocycles. The molecule has 0 heterocycles. The summed E-state index contributed by atoms with van der Waals surface area (Å²) in [5.41, 5.74) is 0.693. The third-order valence-electron chi connectivity index (χ3n) is 2.14. The Bertz CT molecular complexity index is 393. The number of aliphatic hydroxyl groups excluding tert-OH is 1. The first-order valence-electron chi connectivity index (χ1n) is 4.88. The van der Waals surface area contributed by atoms with Gasteiger partial charge in [0.2, 0.25) is 0 Å². The van der Waals surface area contributed by atoms with Gasteiger partial charge in [0.05, 0.1) is 5.71 Å². The highest BCUT2D eigenvalue weighted by Crippen LogP contribution is 2.18. The van der Waals surface area contributed by atoms with Crippen LogP contribution in [-0.4, -0.2) is 22.6 Å². The molecular weight excluding hydrogens is 213 g/mol. The Morgan fingerprint density at radius 3 is 2.75 bits per heavy atom. The average molecular weight is 227 g/mol. The molecule has 0 aromatic heterocycles. The summed E-state index contributed by atoms with van der Waals surface area (Å²) in [4.78, 5) is 0. The van der Waals surface area contributed by atoms with Gasteiger partial charge in [-0.1, -0.05) is 11.2 Å². The molecule has 16 heavy (non-hydrogen) atoms. The summed E-state index contributed by atoms with van der Waals surface area (Å²) in [6, 6.07) is 4.11. The summed E-state index contributed by atoms with van der Waals surface area (Å²) in [6.45, 7) is 3.55. The highest BCUT2D eigenvalue weighted by atomic mass is 19.1. The first-order valence-corrected chi connectivity index (χ1v) is 4.88. The lowest BCUT2D eigenvalue weighted by Crippen LogP contribution is -2.05. The van der Waals surface area contributed by atoms with Crippen LogP contribution in [-0.2, 0) is 4.74 Å². The van der Waals surface area contributed by atoms with Crippen LogP contribution in [0, 0.1) is 5.82 Å². The highest BCUT2D eigenvalue weighted by Gasteiger charge is 2.12. The number of rotatable bonds is 4. The monoisotopic (exact) mass is 227 g/mol. The number of oxime groups is 1. The largest absolute Gasteiger partial charge is 0.411 e. The maximum Gasteiger partial charge on any atom is 0.181 e. The topological polar surface area (TPSA) is 62.0 Å². The van der Waals surface area contributed by atoms with Crippen LogP contribution in [0.25, 0.3) is 0 Å². The molecule has 88 valence electrons. The Hall–Kier alpha value is -1.46. The molecule has 1 rings (SSSR count). The van der Waals surface area contributed by atoms with E-state index < -0.39 is 12.1 Å². The van der Waals surface area contributed by atoms with Gasteiger partial charge in [0.15, 0.2) is 6.29 Å². The fraction of sp³-hybridized carbons (Fsp3) is 0.364. The van der Waals surface area contributed by atoms with Gasteiger partial charge in [-0.05, 0) is 26.0 Å². The Kier molecular flexibility index (Phi) is 4.39. The molecule has 1 unspecified atom stereocenters. The summed E-state index contributed by atoms with van der Waals surface area (Å²) in [5.74, 6) is -0.563. The predicted molar refractivity (Wildman–Crippen MR) is 57.0 cm³/mol. The third-order valence-corrected chi connectivity index (χ3v) is 2.14. The minimum atomic E-state index is -1.14.